The molecule has 1 aromatic rings. The molecule has 1 atom stereocenters. The third kappa shape index (κ3) is 2.45. The summed E-state index contributed by atoms with van der Waals surface area (Å²) in [5, 5.41) is 5.27. The maximum absolute atomic E-state index is 11.5. The van der Waals surface area contributed by atoms with Crippen LogP contribution >= 0.6 is 0 Å². The molecule has 7 heteroatoms. The van der Waals surface area contributed by atoms with E-state index >= 15 is 0 Å². The minimum absolute atomic E-state index is 0.0955. The lowest BCUT2D eigenvalue weighted by Gasteiger charge is -2.31. The Hall–Kier alpha value is -2.02. The zero-order chi connectivity index (χ0) is 13.1. The maximum atomic E-state index is 11.5. The second kappa shape index (κ2) is 5.09. The summed E-state index contributed by atoms with van der Waals surface area (Å²) in [6.45, 7) is 2.49. The molecule has 0 aliphatic carbocycles. The zero-order valence-electron chi connectivity index (χ0n) is 10.3. The molecule has 0 bridgehead atoms. The van der Waals surface area contributed by atoms with E-state index in [0.29, 0.717) is 12.5 Å². The molecule has 0 spiro atoms. The lowest BCUT2D eigenvalue weighted by atomic mass is 10.2. The molecule has 1 saturated heterocycles. The van der Waals surface area contributed by atoms with E-state index < -0.39 is 6.04 Å². The third-order valence-corrected chi connectivity index (χ3v) is 2.75. The van der Waals surface area contributed by atoms with E-state index in [1.54, 1.807) is 24.2 Å². The summed E-state index contributed by atoms with van der Waals surface area (Å²) in [5.74, 6) is -0.263. The highest BCUT2D eigenvalue weighted by Crippen LogP contribution is 2.13. The number of piperazine rings is 1. The van der Waals surface area contributed by atoms with Crippen molar-refractivity contribution in [1.82, 2.24) is 20.6 Å². The number of nitrogens with zero attached hydrogens (tertiary/aromatic N) is 3. The Balaban J connectivity index is 2.19. The number of nitrogens with one attached hydrogen (secondary N) is 2. The van der Waals surface area contributed by atoms with Crippen molar-refractivity contribution >= 4 is 17.8 Å². The van der Waals surface area contributed by atoms with Gasteiger partial charge in [0.25, 0.3) is 0 Å². The fraction of sp³-hybridized carbons (Fsp3) is 0.455. The average Bonchev–Trinajstić information content (AvgIpc) is 2.35. The van der Waals surface area contributed by atoms with Crippen LogP contribution in [0, 0.1) is 0 Å². The van der Waals surface area contributed by atoms with Gasteiger partial charge in [-0.3, -0.25) is 14.9 Å². The smallest absolute Gasteiger partial charge is 0.249 e. The normalized spacial score (nSPS) is 19.9. The van der Waals surface area contributed by atoms with Gasteiger partial charge in [-0.15, -0.1) is 0 Å². The topological polar surface area (TPSA) is 87.2 Å². The number of carbonyl (C=O) groups is 2. The molecular weight excluding hydrogens is 234 g/mol. The third-order valence-electron chi connectivity index (χ3n) is 2.75. The monoisotopic (exact) mass is 249 g/mol. The summed E-state index contributed by atoms with van der Waals surface area (Å²) in [5.41, 5.74) is 0.946. The summed E-state index contributed by atoms with van der Waals surface area (Å²) in [4.78, 5) is 32.8. The number of hydrogen-bond acceptors (Lipinski definition) is 6. The molecule has 1 aliphatic rings. The van der Waals surface area contributed by atoms with E-state index in [1.807, 2.05) is 7.05 Å². The quantitative estimate of drug-likeness (QED) is 0.671. The molecule has 2 heterocycles. The molecule has 18 heavy (non-hydrogen) atoms. The van der Waals surface area contributed by atoms with Gasteiger partial charge >= 0.3 is 0 Å². The van der Waals surface area contributed by atoms with Crippen LogP contribution in [-0.2, 0) is 16.1 Å². The second-order valence-corrected chi connectivity index (χ2v) is 4.14. The fourth-order valence-corrected chi connectivity index (χ4v) is 1.75. The first-order valence-electron chi connectivity index (χ1n) is 5.67. The van der Waals surface area contributed by atoms with E-state index in [-0.39, 0.29) is 18.4 Å². The van der Waals surface area contributed by atoms with Crippen LogP contribution in [-0.4, -0.2) is 41.4 Å². The maximum Gasteiger partial charge on any atom is 0.249 e. The Morgan fingerprint density at radius 2 is 2.11 bits per heavy atom. The van der Waals surface area contributed by atoms with Crippen LogP contribution in [0.5, 0.6) is 0 Å². The molecule has 0 aromatic carbocycles. The molecule has 96 valence electrons. The number of hydrogen-bond donors (Lipinski definition) is 2. The predicted molar refractivity (Wildman–Crippen MR) is 64.8 cm³/mol. The summed E-state index contributed by atoms with van der Waals surface area (Å²) in [7, 11) is 1.84. The highest BCUT2D eigenvalue weighted by atomic mass is 16.2. The van der Waals surface area contributed by atoms with Crippen molar-refractivity contribution in [3.8, 4) is 0 Å². The van der Waals surface area contributed by atoms with Crippen molar-refractivity contribution in [2.45, 2.75) is 19.5 Å². The molecule has 0 radical (unpaired) electrons. The minimum atomic E-state index is -0.446. The number of amides is 2. The van der Waals surface area contributed by atoms with Crippen molar-refractivity contribution in [3.05, 3.63) is 18.0 Å². The van der Waals surface area contributed by atoms with E-state index in [0.717, 1.165) is 5.56 Å². The van der Waals surface area contributed by atoms with Crippen molar-refractivity contribution in [2.24, 2.45) is 0 Å². The van der Waals surface area contributed by atoms with Crippen LogP contribution in [0.15, 0.2) is 12.4 Å². The molecular formula is C11H15N5O2. The minimum Gasteiger partial charge on any atom is -0.320 e. The highest BCUT2D eigenvalue weighted by Gasteiger charge is 2.31. The van der Waals surface area contributed by atoms with Crippen molar-refractivity contribution in [1.29, 1.82) is 0 Å². The summed E-state index contributed by atoms with van der Waals surface area (Å²) in [6, 6.07) is -0.446. The summed E-state index contributed by atoms with van der Waals surface area (Å²) < 4.78 is 0. The number of anilines is 1. The Morgan fingerprint density at radius 3 is 2.72 bits per heavy atom. The summed E-state index contributed by atoms with van der Waals surface area (Å²) >= 11 is 0. The Morgan fingerprint density at radius 1 is 1.44 bits per heavy atom. The van der Waals surface area contributed by atoms with Crippen LogP contribution < -0.4 is 15.5 Å². The number of aromatic nitrogens is 2. The molecule has 1 aromatic heterocycles. The Kier molecular flexibility index (Phi) is 3.52. The van der Waals surface area contributed by atoms with Crippen LogP contribution in [0.4, 0.5) is 5.95 Å². The Bertz CT molecular complexity index is 459. The van der Waals surface area contributed by atoms with Crippen molar-refractivity contribution < 1.29 is 9.59 Å². The van der Waals surface area contributed by atoms with Crippen molar-refractivity contribution in [2.75, 3.05) is 18.5 Å². The number of carbonyl (C=O) groups excluding carboxylic acids is 2. The first-order chi connectivity index (χ1) is 8.61. The highest BCUT2D eigenvalue weighted by molar-refractivity contribution is 6.04. The molecule has 0 saturated carbocycles. The molecule has 1 fully saturated rings. The summed E-state index contributed by atoms with van der Waals surface area (Å²) in [6.07, 6.45) is 3.37. The van der Waals surface area contributed by atoms with E-state index in [9.17, 15) is 9.59 Å². The van der Waals surface area contributed by atoms with E-state index in [1.165, 1.54) is 0 Å². The first-order valence-corrected chi connectivity index (χ1v) is 5.67. The first kappa shape index (κ1) is 12.4. The number of rotatable bonds is 3. The van der Waals surface area contributed by atoms with Gasteiger partial charge in [-0.05, 0) is 14.0 Å². The van der Waals surface area contributed by atoms with Crippen LogP contribution in [0.2, 0.25) is 0 Å². The van der Waals surface area contributed by atoms with Gasteiger partial charge in [0.05, 0.1) is 0 Å². The standard InChI is InChI=1S/C11H15N5O2/c1-7-10(18)15-9(17)6-16(7)11-13-4-8(3-12-2)5-14-11/h4-5,7,12H,3,6H2,1-2H3,(H,15,17,18). The van der Waals surface area contributed by atoms with E-state index in [4.69, 9.17) is 0 Å². The van der Waals surface area contributed by atoms with Crippen molar-refractivity contribution in [3.63, 3.8) is 0 Å². The Labute approximate surface area is 105 Å². The van der Waals surface area contributed by atoms with Gasteiger partial charge < -0.3 is 10.2 Å². The van der Waals surface area contributed by atoms with Gasteiger partial charge in [-0.2, -0.15) is 0 Å². The lowest BCUT2D eigenvalue weighted by molar-refractivity contribution is -0.132. The molecule has 7 nitrogen and oxygen atoms in total. The van der Waals surface area contributed by atoms with Crippen LogP contribution in [0.3, 0.4) is 0 Å². The molecule has 1 unspecified atom stereocenters. The van der Waals surface area contributed by atoms with Gasteiger partial charge in [-0.1, -0.05) is 0 Å². The predicted octanol–water partition coefficient (Wildman–Crippen LogP) is -0.953. The molecule has 2 rings (SSSR count). The molecule has 2 N–H and O–H groups in total. The van der Waals surface area contributed by atoms with Gasteiger partial charge in [-0.25, -0.2) is 9.97 Å². The number of imide groups is 1. The van der Waals surface area contributed by atoms with Gasteiger partial charge in [0.2, 0.25) is 17.8 Å². The zero-order valence-corrected chi connectivity index (χ0v) is 10.3. The lowest BCUT2D eigenvalue weighted by Crippen LogP contribution is -2.57. The average molecular weight is 249 g/mol. The van der Waals surface area contributed by atoms with E-state index in [2.05, 4.69) is 20.6 Å². The van der Waals surface area contributed by atoms with Gasteiger partial charge in [0, 0.05) is 24.5 Å². The van der Waals surface area contributed by atoms with Crippen LogP contribution in [0.1, 0.15) is 12.5 Å². The molecule has 2 amide bonds. The fourth-order valence-electron chi connectivity index (χ4n) is 1.75. The largest absolute Gasteiger partial charge is 0.320 e. The van der Waals surface area contributed by atoms with Gasteiger partial charge in [0.1, 0.15) is 12.6 Å². The molecule has 1 aliphatic heterocycles. The second-order valence-electron chi connectivity index (χ2n) is 4.14. The SMILES string of the molecule is CNCc1cnc(N2CC(=O)NC(=O)C2C)nc1. The van der Waals surface area contributed by atoms with Crippen LogP contribution in [0.25, 0.3) is 0 Å². The van der Waals surface area contributed by atoms with Gasteiger partial charge in [0.15, 0.2) is 0 Å².